The van der Waals surface area contributed by atoms with E-state index in [4.69, 9.17) is 9.47 Å². The monoisotopic (exact) mass is 486 g/mol. The van der Waals surface area contributed by atoms with Crippen LogP contribution in [0.4, 0.5) is 15.8 Å². The summed E-state index contributed by atoms with van der Waals surface area (Å²) < 4.78 is 48.5. The molecular formula is C24H23FN2O6S. The van der Waals surface area contributed by atoms with Crippen molar-refractivity contribution in [1.82, 2.24) is 0 Å². The predicted molar refractivity (Wildman–Crippen MR) is 126 cm³/mol. The van der Waals surface area contributed by atoms with Crippen LogP contribution in [-0.2, 0) is 14.6 Å². The van der Waals surface area contributed by atoms with Crippen molar-refractivity contribution in [1.29, 1.82) is 0 Å². The molecule has 0 radical (unpaired) electrons. The highest BCUT2D eigenvalue weighted by Gasteiger charge is 2.19. The number of rotatable bonds is 9. The Labute approximate surface area is 196 Å². The number of hydrogen-bond acceptors (Lipinski definition) is 6. The molecule has 3 aromatic rings. The molecule has 178 valence electrons. The average molecular weight is 487 g/mol. The van der Waals surface area contributed by atoms with Gasteiger partial charge in [0.1, 0.15) is 17.3 Å². The van der Waals surface area contributed by atoms with Crippen LogP contribution in [0, 0.1) is 5.82 Å². The Bertz CT molecular complexity index is 1280. The molecule has 0 aliphatic carbocycles. The highest BCUT2D eigenvalue weighted by atomic mass is 32.2. The minimum Gasteiger partial charge on any atom is -0.494 e. The molecule has 3 aromatic carbocycles. The van der Waals surface area contributed by atoms with Crippen LogP contribution in [0.2, 0.25) is 0 Å². The van der Waals surface area contributed by atoms with Crippen LogP contribution >= 0.6 is 0 Å². The molecule has 0 atom stereocenters. The lowest BCUT2D eigenvalue weighted by atomic mass is 10.2. The Hall–Kier alpha value is -3.92. The third kappa shape index (κ3) is 6.10. The fourth-order valence-corrected chi connectivity index (χ4v) is 4.32. The van der Waals surface area contributed by atoms with Crippen LogP contribution in [0.1, 0.15) is 16.8 Å². The molecule has 0 fully saturated rings. The lowest BCUT2D eigenvalue weighted by Gasteiger charge is -2.16. The Kier molecular flexibility index (Phi) is 7.85. The molecule has 10 heteroatoms. The van der Waals surface area contributed by atoms with Crippen LogP contribution in [-0.4, -0.2) is 40.2 Å². The van der Waals surface area contributed by atoms with E-state index in [0.717, 1.165) is 24.3 Å². The summed E-state index contributed by atoms with van der Waals surface area (Å²) >= 11 is 0. The number of carbonyl (C=O) groups is 2. The van der Waals surface area contributed by atoms with E-state index in [-0.39, 0.29) is 34.4 Å². The van der Waals surface area contributed by atoms with Gasteiger partial charge in [-0.3, -0.25) is 9.59 Å². The molecule has 0 saturated carbocycles. The number of methoxy groups -OCH3 is 2. The maximum atomic E-state index is 13.0. The van der Waals surface area contributed by atoms with Gasteiger partial charge in [-0.05, 0) is 36.4 Å². The maximum absolute atomic E-state index is 13.0. The molecule has 34 heavy (non-hydrogen) atoms. The Morgan fingerprint density at radius 2 is 1.41 bits per heavy atom. The van der Waals surface area contributed by atoms with E-state index in [1.54, 1.807) is 30.3 Å². The van der Waals surface area contributed by atoms with E-state index in [2.05, 4.69) is 10.6 Å². The number of amides is 2. The van der Waals surface area contributed by atoms with E-state index >= 15 is 0 Å². The van der Waals surface area contributed by atoms with Gasteiger partial charge in [0.2, 0.25) is 5.91 Å². The van der Waals surface area contributed by atoms with Crippen molar-refractivity contribution < 1.29 is 31.9 Å². The van der Waals surface area contributed by atoms with Crippen molar-refractivity contribution in [2.75, 3.05) is 30.6 Å². The Balaban J connectivity index is 1.73. The molecule has 0 spiro atoms. The zero-order chi connectivity index (χ0) is 24.7. The fourth-order valence-electron chi connectivity index (χ4n) is 3.08. The van der Waals surface area contributed by atoms with Crippen LogP contribution in [0.5, 0.6) is 11.5 Å². The third-order valence-electron chi connectivity index (χ3n) is 4.85. The Morgan fingerprint density at radius 3 is 1.97 bits per heavy atom. The van der Waals surface area contributed by atoms with Crippen molar-refractivity contribution in [3.63, 3.8) is 0 Å². The van der Waals surface area contributed by atoms with E-state index in [1.165, 1.54) is 26.4 Å². The number of halogens is 1. The van der Waals surface area contributed by atoms with Gasteiger partial charge < -0.3 is 20.1 Å². The van der Waals surface area contributed by atoms with Crippen molar-refractivity contribution in [2.24, 2.45) is 0 Å². The number of benzene rings is 3. The topological polar surface area (TPSA) is 111 Å². The molecule has 0 aliphatic heterocycles. The van der Waals surface area contributed by atoms with E-state index < -0.39 is 27.3 Å². The molecule has 0 aromatic heterocycles. The number of nitrogens with one attached hydrogen (secondary N) is 2. The van der Waals surface area contributed by atoms with Crippen molar-refractivity contribution in [2.45, 2.75) is 11.3 Å². The van der Waals surface area contributed by atoms with Crippen LogP contribution in [0.15, 0.2) is 71.6 Å². The summed E-state index contributed by atoms with van der Waals surface area (Å²) in [7, 11) is -0.979. The quantitative estimate of drug-likeness (QED) is 0.444. The summed E-state index contributed by atoms with van der Waals surface area (Å²) in [5.41, 5.74) is 1.01. The van der Waals surface area contributed by atoms with Crippen molar-refractivity contribution in [3.05, 3.63) is 78.1 Å². The summed E-state index contributed by atoms with van der Waals surface area (Å²) in [6.07, 6.45) is -0.336. The molecule has 0 bridgehead atoms. The zero-order valence-corrected chi connectivity index (χ0v) is 19.3. The summed E-state index contributed by atoms with van der Waals surface area (Å²) in [4.78, 5) is 24.9. The standard InChI is InChI=1S/C24H23FN2O6S/c1-32-21-15-20(27-24(29)16-6-4-3-5-7-16)22(33-2)14-19(21)26-23(28)12-13-34(30,31)18-10-8-17(25)9-11-18/h3-11,14-15H,12-13H2,1-2H3,(H,26,28)(H,27,29). The number of anilines is 2. The second-order valence-electron chi connectivity index (χ2n) is 7.14. The van der Waals surface area contributed by atoms with Crippen LogP contribution < -0.4 is 20.1 Å². The number of ether oxygens (including phenoxy) is 2. The molecule has 0 unspecified atom stereocenters. The highest BCUT2D eigenvalue weighted by Crippen LogP contribution is 2.36. The minimum absolute atomic E-state index is 0.0699. The summed E-state index contributed by atoms with van der Waals surface area (Å²) in [5.74, 6) is -1.45. The zero-order valence-electron chi connectivity index (χ0n) is 18.5. The number of carbonyl (C=O) groups excluding carboxylic acids is 2. The van der Waals surface area contributed by atoms with E-state index in [9.17, 15) is 22.4 Å². The van der Waals surface area contributed by atoms with Gasteiger partial charge in [-0.15, -0.1) is 0 Å². The van der Waals surface area contributed by atoms with Crippen LogP contribution in [0.3, 0.4) is 0 Å². The van der Waals surface area contributed by atoms with Gasteiger partial charge in [-0.25, -0.2) is 12.8 Å². The van der Waals surface area contributed by atoms with Gasteiger partial charge >= 0.3 is 0 Å². The van der Waals surface area contributed by atoms with Crippen LogP contribution in [0.25, 0.3) is 0 Å². The van der Waals surface area contributed by atoms with E-state index in [1.807, 2.05) is 0 Å². The number of hydrogen-bond donors (Lipinski definition) is 2. The largest absolute Gasteiger partial charge is 0.494 e. The average Bonchev–Trinajstić information content (AvgIpc) is 2.84. The van der Waals surface area contributed by atoms with Crippen molar-refractivity contribution in [3.8, 4) is 11.5 Å². The Morgan fingerprint density at radius 1 is 0.853 bits per heavy atom. The molecule has 0 saturated heterocycles. The van der Waals surface area contributed by atoms with Gasteiger partial charge in [0.15, 0.2) is 9.84 Å². The van der Waals surface area contributed by atoms with Gasteiger partial charge in [-0.1, -0.05) is 18.2 Å². The first-order valence-electron chi connectivity index (χ1n) is 10.1. The molecule has 8 nitrogen and oxygen atoms in total. The van der Waals surface area contributed by atoms with Gasteiger partial charge in [0, 0.05) is 24.1 Å². The first-order chi connectivity index (χ1) is 16.2. The van der Waals surface area contributed by atoms with E-state index in [0.29, 0.717) is 11.3 Å². The van der Waals surface area contributed by atoms with Gasteiger partial charge in [0.25, 0.3) is 5.91 Å². The molecule has 2 N–H and O–H groups in total. The van der Waals surface area contributed by atoms with Crippen molar-refractivity contribution >= 4 is 33.0 Å². The first kappa shape index (κ1) is 24.7. The maximum Gasteiger partial charge on any atom is 0.255 e. The smallest absolute Gasteiger partial charge is 0.255 e. The highest BCUT2D eigenvalue weighted by molar-refractivity contribution is 7.91. The molecule has 2 amide bonds. The second-order valence-corrected chi connectivity index (χ2v) is 9.25. The summed E-state index contributed by atoms with van der Waals surface area (Å²) in [6.45, 7) is 0. The van der Waals surface area contributed by atoms with Gasteiger partial charge in [0.05, 0.1) is 36.2 Å². The summed E-state index contributed by atoms with van der Waals surface area (Å²) in [6, 6.07) is 15.9. The molecular weight excluding hydrogens is 463 g/mol. The lowest BCUT2D eigenvalue weighted by molar-refractivity contribution is -0.115. The summed E-state index contributed by atoms with van der Waals surface area (Å²) in [5, 5.41) is 5.34. The van der Waals surface area contributed by atoms with Gasteiger partial charge in [-0.2, -0.15) is 0 Å². The third-order valence-corrected chi connectivity index (χ3v) is 6.58. The normalized spacial score (nSPS) is 10.9. The molecule has 3 rings (SSSR count). The lowest BCUT2D eigenvalue weighted by Crippen LogP contribution is -2.18. The molecule has 0 aliphatic rings. The number of sulfone groups is 1. The SMILES string of the molecule is COc1cc(NC(=O)c2ccccc2)c(OC)cc1NC(=O)CCS(=O)(=O)c1ccc(F)cc1. The predicted octanol–water partition coefficient (Wildman–Crippen LogP) is 3.90. The first-order valence-corrected chi connectivity index (χ1v) is 11.8. The second kappa shape index (κ2) is 10.8. The molecule has 0 heterocycles. The fraction of sp³-hybridized carbons (Fsp3) is 0.167. The minimum atomic E-state index is -3.77.